The van der Waals surface area contributed by atoms with Crippen molar-refractivity contribution in [2.24, 2.45) is 0 Å². The van der Waals surface area contributed by atoms with Crippen LogP contribution in [0, 0.1) is 4.84 Å². The van der Waals surface area contributed by atoms with Crippen molar-refractivity contribution in [1.29, 1.82) is 0 Å². The number of nitrogens with one attached hydrogen (secondary N) is 1. The number of benzene rings is 2. The molecule has 1 N–H and O–H groups in total. The second-order valence-electron chi connectivity index (χ2n) is 4.35. The number of para-hydroxylation sites is 1. The Labute approximate surface area is 135 Å². The van der Waals surface area contributed by atoms with Crippen molar-refractivity contribution in [3.8, 4) is 11.5 Å². The molecular weight excluding hydrogens is 350 g/mol. The zero-order valence-corrected chi connectivity index (χ0v) is 13.4. The molecule has 3 aromatic rings. The molecule has 0 spiro atoms. The zero-order valence-electron chi connectivity index (χ0n) is 11.0. The first-order valence-corrected chi connectivity index (χ1v) is 7.56. The van der Waals surface area contributed by atoms with Crippen LogP contribution in [0.4, 0.5) is 5.69 Å². The van der Waals surface area contributed by atoms with Gasteiger partial charge in [0.25, 0.3) is 4.84 Å². The third kappa shape index (κ3) is 3.22. The second kappa shape index (κ2) is 6.24. The van der Waals surface area contributed by atoms with Gasteiger partial charge in [0.05, 0.1) is 0 Å². The smallest absolute Gasteiger partial charge is 0.289 e. The van der Waals surface area contributed by atoms with Crippen molar-refractivity contribution in [3.05, 3.63) is 63.9 Å². The van der Waals surface area contributed by atoms with Crippen molar-refractivity contribution in [3.63, 3.8) is 0 Å². The topological polar surface area (TPSA) is 43.0 Å². The summed E-state index contributed by atoms with van der Waals surface area (Å²) < 4.78 is 8.15. The Morgan fingerprint density at radius 2 is 1.81 bits per heavy atom. The predicted octanol–water partition coefficient (Wildman–Crippen LogP) is 4.70. The van der Waals surface area contributed by atoms with Gasteiger partial charge in [0.15, 0.2) is 0 Å². The van der Waals surface area contributed by atoms with E-state index in [-0.39, 0.29) is 0 Å². The van der Waals surface area contributed by atoms with Gasteiger partial charge in [-0.05, 0) is 52.4 Å². The van der Waals surface area contributed by atoms with E-state index in [1.165, 1.54) is 0 Å². The lowest BCUT2D eigenvalue weighted by Gasteiger charge is -2.07. The fourth-order valence-electron chi connectivity index (χ4n) is 1.87. The van der Waals surface area contributed by atoms with Crippen LogP contribution in [-0.4, -0.2) is 9.78 Å². The number of aromatic nitrogens is 2. The Morgan fingerprint density at radius 1 is 1.10 bits per heavy atom. The summed E-state index contributed by atoms with van der Waals surface area (Å²) in [7, 11) is 0. The quantitative estimate of drug-likeness (QED) is 0.683. The van der Waals surface area contributed by atoms with Gasteiger partial charge < -0.3 is 9.73 Å². The summed E-state index contributed by atoms with van der Waals surface area (Å²) >= 11 is 8.69. The van der Waals surface area contributed by atoms with Gasteiger partial charge in [-0.15, -0.1) is 5.10 Å². The van der Waals surface area contributed by atoms with Gasteiger partial charge in [0.2, 0.25) is 5.89 Å². The molecule has 21 heavy (non-hydrogen) atoms. The molecule has 1 heterocycles. The highest BCUT2D eigenvalue weighted by atomic mass is 79.9. The minimum absolute atomic E-state index is 0.341. The number of nitrogens with zero attached hydrogens (tertiary/aromatic N) is 2. The number of rotatable bonds is 4. The van der Waals surface area contributed by atoms with Crippen molar-refractivity contribution in [2.45, 2.75) is 6.67 Å². The molecule has 0 bridgehead atoms. The maximum absolute atomic E-state index is 5.53. The van der Waals surface area contributed by atoms with Crippen LogP contribution in [0.1, 0.15) is 0 Å². The molecule has 106 valence electrons. The number of anilines is 1. The first kappa shape index (κ1) is 14.0. The second-order valence-corrected chi connectivity index (χ2v) is 5.56. The van der Waals surface area contributed by atoms with Crippen LogP contribution in [0.3, 0.4) is 0 Å². The molecule has 0 atom stereocenters. The van der Waals surface area contributed by atoms with Crippen molar-refractivity contribution in [1.82, 2.24) is 9.78 Å². The van der Waals surface area contributed by atoms with Gasteiger partial charge in [-0.2, -0.15) is 0 Å². The summed E-state index contributed by atoms with van der Waals surface area (Å²) in [5.41, 5.74) is 1.88. The van der Waals surface area contributed by atoms with Crippen LogP contribution in [0.2, 0.25) is 0 Å². The van der Waals surface area contributed by atoms with Gasteiger partial charge in [-0.1, -0.05) is 30.3 Å². The van der Waals surface area contributed by atoms with Crippen LogP contribution < -0.4 is 5.32 Å². The lowest BCUT2D eigenvalue weighted by molar-refractivity contribution is 0.522. The third-order valence-electron chi connectivity index (χ3n) is 2.92. The van der Waals surface area contributed by atoms with Crippen LogP contribution in [0.15, 0.2) is 63.5 Å². The Kier molecular flexibility index (Phi) is 4.17. The van der Waals surface area contributed by atoms with Gasteiger partial charge in [0, 0.05) is 15.7 Å². The highest BCUT2D eigenvalue weighted by molar-refractivity contribution is 9.10. The van der Waals surface area contributed by atoms with Crippen LogP contribution in [-0.2, 0) is 6.67 Å². The van der Waals surface area contributed by atoms with Crippen LogP contribution in [0.25, 0.3) is 11.5 Å². The summed E-state index contributed by atoms with van der Waals surface area (Å²) in [6, 6.07) is 17.6. The molecular formula is C15H12BrN3OS. The summed E-state index contributed by atoms with van der Waals surface area (Å²) in [5.74, 6) is 0.523. The maximum Gasteiger partial charge on any atom is 0.289 e. The van der Waals surface area contributed by atoms with Crippen molar-refractivity contribution >= 4 is 33.8 Å². The third-order valence-corrected chi connectivity index (χ3v) is 3.91. The molecule has 0 aliphatic carbocycles. The molecule has 0 saturated heterocycles. The van der Waals surface area contributed by atoms with Crippen molar-refractivity contribution < 1.29 is 4.42 Å². The normalized spacial score (nSPS) is 10.5. The van der Waals surface area contributed by atoms with Crippen molar-refractivity contribution in [2.75, 3.05) is 5.32 Å². The highest BCUT2D eigenvalue weighted by Gasteiger charge is 2.07. The minimum atomic E-state index is 0.341. The zero-order chi connectivity index (χ0) is 14.7. The molecule has 0 saturated carbocycles. The summed E-state index contributed by atoms with van der Waals surface area (Å²) in [6.45, 7) is 0.442. The van der Waals surface area contributed by atoms with E-state index in [0.29, 0.717) is 17.4 Å². The van der Waals surface area contributed by atoms with E-state index < -0.39 is 0 Å². The number of hydrogen-bond donors (Lipinski definition) is 1. The lowest BCUT2D eigenvalue weighted by Crippen LogP contribution is -2.09. The Balaban J connectivity index is 1.80. The highest BCUT2D eigenvalue weighted by Crippen LogP contribution is 2.22. The molecule has 0 aliphatic heterocycles. The fourth-order valence-corrected chi connectivity index (χ4v) is 2.48. The van der Waals surface area contributed by atoms with Gasteiger partial charge in [-0.25, -0.2) is 4.68 Å². The summed E-state index contributed by atoms with van der Waals surface area (Å²) in [6.07, 6.45) is 0. The average Bonchev–Trinajstić information content (AvgIpc) is 2.89. The SMILES string of the molecule is S=c1oc(-c2ccccc2)nn1CNc1ccccc1Br. The Morgan fingerprint density at radius 3 is 2.57 bits per heavy atom. The molecule has 0 aliphatic rings. The fraction of sp³-hybridized carbons (Fsp3) is 0.0667. The minimum Gasteiger partial charge on any atom is -0.409 e. The molecule has 0 amide bonds. The average molecular weight is 362 g/mol. The number of halogens is 1. The molecule has 4 nitrogen and oxygen atoms in total. The molecule has 2 aromatic carbocycles. The largest absolute Gasteiger partial charge is 0.409 e. The van der Waals surface area contributed by atoms with E-state index in [4.69, 9.17) is 16.6 Å². The van der Waals surface area contributed by atoms with Crippen LogP contribution in [0.5, 0.6) is 0 Å². The van der Waals surface area contributed by atoms with Gasteiger partial charge in [-0.3, -0.25) is 0 Å². The maximum atomic E-state index is 5.53. The molecule has 0 fully saturated rings. The standard InChI is InChI=1S/C15H12BrN3OS/c16-12-8-4-5-9-13(12)17-10-19-15(21)20-14(18-19)11-6-2-1-3-7-11/h1-9,17H,10H2. The monoisotopic (exact) mass is 361 g/mol. The van der Waals surface area contributed by atoms with E-state index in [0.717, 1.165) is 15.7 Å². The molecule has 1 aromatic heterocycles. The molecule has 6 heteroatoms. The van der Waals surface area contributed by atoms with E-state index in [1.807, 2.05) is 54.6 Å². The van der Waals surface area contributed by atoms with E-state index in [1.54, 1.807) is 4.68 Å². The Hall–Kier alpha value is -1.92. The molecule has 0 radical (unpaired) electrons. The predicted molar refractivity (Wildman–Crippen MR) is 88.5 cm³/mol. The Bertz CT molecular complexity index is 798. The van der Waals surface area contributed by atoms with E-state index >= 15 is 0 Å². The van der Waals surface area contributed by atoms with E-state index in [9.17, 15) is 0 Å². The van der Waals surface area contributed by atoms with Gasteiger partial charge >= 0.3 is 0 Å². The summed E-state index contributed by atoms with van der Waals surface area (Å²) in [5, 5.41) is 7.65. The van der Waals surface area contributed by atoms with Crippen LogP contribution >= 0.6 is 28.1 Å². The molecule has 0 unspecified atom stereocenters. The first-order valence-electron chi connectivity index (χ1n) is 6.36. The lowest BCUT2D eigenvalue weighted by atomic mass is 10.2. The summed E-state index contributed by atoms with van der Waals surface area (Å²) in [4.78, 5) is 0.341. The van der Waals surface area contributed by atoms with Gasteiger partial charge in [0.1, 0.15) is 6.67 Å². The molecule has 3 rings (SSSR count). The number of hydrogen-bond acceptors (Lipinski definition) is 4. The first-order chi connectivity index (χ1) is 10.2. The van der Waals surface area contributed by atoms with E-state index in [2.05, 4.69) is 26.3 Å².